The highest BCUT2D eigenvalue weighted by Gasteiger charge is 2.24. The maximum absolute atomic E-state index is 14.4. The first-order chi connectivity index (χ1) is 14.2. The van der Waals surface area contributed by atoms with Crippen LogP contribution in [0, 0.1) is 5.82 Å². The van der Waals surface area contributed by atoms with Crippen LogP contribution < -0.4 is 22.1 Å². The molecule has 2 amide bonds. The van der Waals surface area contributed by atoms with E-state index in [9.17, 15) is 22.8 Å². The van der Waals surface area contributed by atoms with Crippen LogP contribution in [0.25, 0.3) is 10.9 Å². The molecule has 156 valence electrons. The molecule has 2 aromatic heterocycles. The summed E-state index contributed by atoms with van der Waals surface area (Å²) in [5, 5.41) is 5.85. The van der Waals surface area contributed by atoms with E-state index >= 15 is 0 Å². The molecule has 0 radical (unpaired) electrons. The molecule has 30 heavy (non-hydrogen) atoms. The van der Waals surface area contributed by atoms with Crippen molar-refractivity contribution in [1.29, 1.82) is 0 Å². The highest BCUT2D eigenvalue weighted by molar-refractivity contribution is 5.99. The van der Waals surface area contributed by atoms with Crippen molar-refractivity contribution in [1.82, 2.24) is 9.97 Å². The van der Waals surface area contributed by atoms with Gasteiger partial charge in [0.25, 0.3) is 5.91 Å². The van der Waals surface area contributed by atoms with E-state index in [4.69, 9.17) is 11.5 Å². The number of alkyl halides is 2. The molecular weight excluding hydrogens is 401 g/mol. The van der Waals surface area contributed by atoms with E-state index in [1.165, 1.54) is 6.20 Å². The average Bonchev–Trinajstić information content (AvgIpc) is 2.69. The standard InChI is InChI=1S/C19H17F3N6O2/c20-12-6-11(16(23)29)18(28-19(12)27-14(17(24)30)7-15(21)22)26-10-5-9-3-1-2-4-13(9)25-8-10/h1-6,8,14-15H,7H2,(H2,23,29)(H2,24,30)(H2,26,27,28). The number of halogens is 3. The normalized spacial score (nSPS) is 12.0. The van der Waals surface area contributed by atoms with Crippen molar-refractivity contribution >= 4 is 40.0 Å². The van der Waals surface area contributed by atoms with Crippen molar-refractivity contribution in [2.45, 2.75) is 18.9 Å². The minimum absolute atomic E-state index is 0.149. The molecule has 0 saturated carbocycles. The van der Waals surface area contributed by atoms with Crippen LogP contribution in [-0.2, 0) is 4.79 Å². The van der Waals surface area contributed by atoms with Crippen molar-refractivity contribution in [2.24, 2.45) is 11.5 Å². The van der Waals surface area contributed by atoms with E-state index in [2.05, 4.69) is 20.6 Å². The first-order valence-corrected chi connectivity index (χ1v) is 8.70. The number of hydrogen-bond acceptors (Lipinski definition) is 6. The zero-order chi connectivity index (χ0) is 21.8. The number of pyridine rings is 2. The number of fused-ring (bicyclic) bond motifs is 1. The Labute approximate surface area is 168 Å². The van der Waals surface area contributed by atoms with Gasteiger partial charge in [0.2, 0.25) is 12.3 Å². The predicted molar refractivity (Wildman–Crippen MR) is 105 cm³/mol. The lowest BCUT2D eigenvalue weighted by molar-refractivity contribution is -0.119. The number of hydrogen-bond donors (Lipinski definition) is 4. The topological polar surface area (TPSA) is 136 Å². The Balaban J connectivity index is 1.98. The highest BCUT2D eigenvalue weighted by Crippen LogP contribution is 2.26. The number of rotatable bonds is 8. The second kappa shape index (κ2) is 8.64. The molecule has 0 spiro atoms. The Morgan fingerprint density at radius 2 is 1.83 bits per heavy atom. The van der Waals surface area contributed by atoms with Crippen LogP contribution in [0.5, 0.6) is 0 Å². The van der Waals surface area contributed by atoms with Gasteiger partial charge in [-0.25, -0.2) is 18.2 Å². The Morgan fingerprint density at radius 3 is 2.50 bits per heavy atom. The second-order valence-corrected chi connectivity index (χ2v) is 6.35. The third kappa shape index (κ3) is 4.74. The molecule has 3 rings (SSSR count). The molecule has 6 N–H and O–H groups in total. The Hall–Kier alpha value is -3.89. The number of nitrogens with zero attached hydrogens (tertiary/aromatic N) is 2. The molecule has 1 aromatic carbocycles. The second-order valence-electron chi connectivity index (χ2n) is 6.35. The van der Waals surface area contributed by atoms with Gasteiger partial charge in [-0.2, -0.15) is 0 Å². The quantitative estimate of drug-likeness (QED) is 0.444. The van der Waals surface area contributed by atoms with Gasteiger partial charge in [0, 0.05) is 11.8 Å². The average molecular weight is 418 g/mol. The minimum Gasteiger partial charge on any atom is -0.368 e. The maximum Gasteiger partial charge on any atom is 0.252 e. The number of anilines is 3. The fourth-order valence-electron chi connectivity index (χ4n) is 2.74. The van der Waals surface area contributed by atoms with E-state index in [0.717, 1.165) is 17.0 Å². The highest BCUT2D eigenvalue weighted by atomic mass is 19.3. The van der Waals surface area contributed by atoms with E-state index in [0.29, 0.717) is 5.69 Å². The summed E-state index contributed by atoms with van der Waals surface area (Å²) in [6.45, 7) is 0. The maximum atomic E-state index is 14.4. The van der Waals surface area contributed by atoms with Crippen molar-refractivity contribution in [3.8, 4) is 0 Å². The number of carbonyl (C=O) groups is 2. The molecule has 8 nitrogen and oxygen atoms in total. The van der Waals surface area contributed by atoms with Crippen LogP contribution in [0.3, 0.4) is 0 Å². The summed E-state index contributed by atoms with van der Waals surface area (Å²) in [5.41, 5.74) is 11.3. The third-order valence-electron chi connectivity index (χ3n) is 4.16. The van der Waals surface area contributed by atoms with Crippen LogP contribution in [0.1, 0.15) is 16.8 Å². The summed E-state index contributed by atoms with van der Waals surface area (Å²) in [6.07, 6.45) is -2.33. The molecular formula is C19H17F3N6O2. The summed E-state index contributed by atoms with van der Waals surface area (Å²) in [4.78, 5) is 31.3. The molecule has 1 unspecified atom stereocenters. The van der Waals surface area contributed by atoms with Gasteiger partial charge in [-0.1, -0.05) is 18.2 Å². The largest absolute Gasteiger partial charge is 0.368 e. The van der Waals surface area contributed by atoms with E-state index in [1.807, 2.05) is 18.2 Å². The monoisotopic (exact) mass is 418 g/mol. The van der Waals surface area contributed by atoms with Crippen LogP contribution in [0.4, 0.5) is 30.5 Å². The summed E-state index contributed by atoms with van der Waals surface area (Å²) in [6, 6.07) is 8.19. The number of primary amides is 2. The first-order valence-electron chi connectivity index (χ1n) is 8.70. The van der Waals surface area contributed by atoms with Gasteiger partial charge < -0.3 is 22.1 Å². The summed E-state index contributed by atoms with van der Waals surface area (Å²) in [5.74, 6) is -3.83. The van der Waals surface area contributed by atoms with Crippen molar-refractivity contribution in [3.05, 3.63) is 54.0 Å². The zero-order valence-electron chi connectivity index (χ0n) is 15.4. The first kappa shape index (κ1) is 20.8. The van der Waals surface area contributed by atoms with Gasteiger partial charge in [0.1, 0.15) is 11.9 Å². The minimum atomic E-state index is -2.86. The van der Waals surface area contributed by atoms with Gasteiger partial charge in [0.15, 0.2) is 11.6 Å². The molecule has 3 aromatic rings. The van der Waals surface area contributed by atoms with Gasteiger partial charge in [0.05, 0.1) is 23.0 Å². The number of nitrogens with one attached hydrogen (secondary N) is 2. The number of nitrogens with two attached hydrogens (primary N) is 2. The SMILES string of the molecule is NC(=O)c1cc(F)c(NC(CC(F)F)C(N)=O)nc1Nc1cnc2ccccc2c1. The van der Waals surface area contributed by atoms with E-state index in [-0.39, 0.29) is 11.4 Å². The van der Waals surface area contributed by atoms with E-state index in [1.54, 1.807) is 12.1 Å². The number of aromatic nitrogens is 2. The zero-order valence-corrected chi connectivity index (χ0v) is 15.4. The summed E-state index contributed by atoms with van der Waals surface area (Å²) >= 11 is 0. The molecule has 0 saturated heterocycles. The lowest BCUT2D eigenvalue weighted by atomic mass is 10.1. The van der Waals surface area contributed by atoms with Crippen molar-refractivity contribution in [3.63, 3.8) is 0 Å². The van der Waals surface area contributed by atoms with Gasteiger partial charge in [-0.05, 0) is 18.2 Å². The Kier molecular flexibility index (Phi) is 6.00. The molecule has 11 heteroatoms. The summed E-state index contributed by atoms with van der Waals surface area (Å²) in [7, 11) is 0. The lowest BCUT2D eigenvalue weighted by Crippen LogP contribution is -2.37. The number of amides is 2. The van der Waals surface area contributed by atoms with Crippen LogP contribution in [0.2, 0.25) is 0 Å². The van der Waals surface area contributed by atoms with Crippen molar-refractivity contribution < 1.29 is 22.8 Å². The molecule has 0 aliphatic rings. The smallest absolute Gasteiger partial charge is 0.252 e. The number of benzene rings is 1. The predicted octanol–water partition coefficient (Wildman–Crippen LogP) is 2.53. The Morgan fingerprint density at radius 1 is 1.10 bits per heavy atom. The molecule has 0 aliphatic carbocycles. The molecule has 1 atom stereocenters. The molecule has 0 aliphatic heterocycles. The van der Waals surface area contributed by atoms with Crippen LogP contribution in [-0.4, -0.2) is 34.2 Å². The van der Waals surface area contributed by atoms with Gasteiger partial charge >= 0.3 is 0 Å². The molecule has 0 bridgehead atoms. The van der Waals surface area contributed by atoms with Crippen LogP contribution in [0.15, 0.2) is 42.6 Å². The lowest BCUT2D eigenvalue weighted by Gasteiger charge is -2.18. The molecule has 2 heterocycles. The van der Waals surface area contributed by atoms with Crippen LogP contribution >= 0.6 is 0 Å². The molecule has 0 fully saturated rings. The number of carbonyl (C=O) groups excluding carboxylic acids is 2. The third-order valence-corrected chi connectivity index (χ3v) is 4.16. The summed E-state index contributed by atoms with van der Waals surface area (Å²) < 4.78 is 39.7. The fourth-order valence-corrected chi connectivity index (χ4v) is 2.74. The van der Waals surface area contributed by atoms with Gasteiger partial charge in [-0.15, -0.1) is 0 Å². The van der Waals surface area contributed by atoms with Crippen molar-refractivity contribution in [2.75, 3.05) is 10.6 Å². The Bertz CT molecular complexity index is 1110. The fraction of sp³-hybridized carbons (Fsp3) is 0.158. The van der Waals surface area contributed by atoms with Gasteiger partial charge in [-0.3, -0.25) is 14.6 Å². The number of para-hydroxylation sites is 1. The van der Waals surface area contributed by atoms with E-state index < -0.39 is 42.3 Å².